The quantitative estimate of drug-likeness (QED) is 0.595. The molecule has 0 aromatic rings. The van der Waals surface area contributed by atoms with Crippen LogP contribution in [0.15, 0.2) is 12.2 Å². The number of amides is 1. The van der Waals surface area contributed by atoms with Crippen molar-refractivity contribution in [2.75, 3.05) is 13.2 Å². The summed E-state index contributed by atoms with van der Waals surface area (Å²) >= 11 is 0. The molecule has 0 radical (unpaired) electrons. The van der Waals surface area contributed by atoms with Crippen LogP contribution < -0.4 is 5.32 Å². The minimum atomic E-state index is -0.742. The van der Waals surface area contributed by atoms with E-state index in [9.17, 15) is 14.4 Å². The fourth-order valence-electron chi connectivity index (χ4n) is 2.55. The summed E-state index contributed by atoms with van der Waals surface area (Å²) in [6.07, 6.45) is 5.17. The molecule has 1 N–H and O–H groups in total. The van der Waals surface area contributed by atoms with Crippen LogP contribution in [-0.2, 0) is 23.9 Å². The Balaban J connectivity index is 2.30. The van der Waals surface area contributed by atoms with E-state index in [0.29, 0.717) is 11.8 Å². The zero-order chi connectivity index (χ0) is 16.5. The van der Waals surface area contributed by atoms with E-state index >= 15 is 0 Å². The van der Waals surface area contributed by atoms with Gasteiger partial charge in [-0.05, 0) is 25.2 Å². The molecule has 22 heavy (non-hydrogen) atoms. The van der Waals surface area contributed by atoms with E-state index in [0.717, 1.165) is 25.0 Å². The van der Waals surface area contributed by atoms with E-state index in [4.69, 9.17) is 4.74 Å². The van der Waals surface area contributed by atoms with Crippen molar-refractivity contribution in [1.82, 2.24) is 5.32 Å². The van der Waals surface area contributed by atoms with Crippen molar-refractivity contribution in [3.05, 3.63) is 12.2 Å². The van der Waals surface area contributed by atoms with E-state index in [-0.39, 0.29) is 25.2 Å². The molecule has 0 heterocycles. The van der Waals surface area contributed by atoms with E-state index in [1.807, 2.05) is 0 Å². The molecule has 0 aromatic heterocycles. The summed E-state index contributed by atoms with van der Waals surface area (Å²) in [7, 11) is 0. The van der Waals surface area contributed by atoms with Crippen LogP contribution >= 0.6 is 0 Å². The van der Waals surface area contributed by atoms with Crippen LogP contribution in [-0.4, -0.2) is 37.1 Å². The number of rotatable bonds is 6. The highest BCUT2D eigenvalue weighted by atomic mass is 16.5. The Labute approximate surface area is 131 Å². The summed E-state index contributed by atoms with van der Waals surface area (Å²) in [6.45, 7) is 5.87. The van der Waals surface area contributed by atoms with Gasteiger partial charge in [-0.25, -0.2) is 9.59 Å². The normalized spacial score (nSPS) is 24.8. The lowest BCUT2D eigenvalue weighted by molar-refractivity contribution is -0.144. The zero-order valence-corrected chi connectivity index (χ0v) is 13.5. The number of carbonyl (C=O) groups excluding carboxylic acids is 3. The molecule has 0 aromatic carbocycles. The van der Waals surface area contributed by atoms with Gasteiger partial charge in [-0.1, -0.05) is 26.7 Å². The third kappa shape index (κ3) is 6.28. The predicted octanol–water partition coefficient (Wildman–Crippen LogP) is 1.59. The molecule has 0 unspecified atom stereocenters. The topological polar surface area (TPSA) is 81.7 Å². The first-order valence-corrected chi connectivity index (χ1v) is 7.75. The molecule has 6 heteroatoms. The molecule has 0 spiro atoms. The first-order chi connectivity index (χ1) is 10.4. The van der Waals surface area contributed by atoms with Crippen molar-refractivity contribution in [1.29, 1.82) is 0 Å². The Bertz CT molecular complexity index is 432. The molecule has 0 saturated heterocycles. The van der Waals surface area contributed by atoms with Gasteiger partial charge in [0.1, 0.15) is 0 Å². The number of carbonyl (C=O) groups is 3. The van der Waals surface area contributed by atoms with Crippen molar-refractivity contribution < 1.29 is 23.9 Å². The Morgan fingerprint density at radius 2 is 1.73 bits per heavy atom. The molecule has 1 aliphatic rings. The number of hydrogen-bond acceptors (Lipinski definition) is 5. The minimum absolute atomic E-state index is 0.130. The molecule has 1 rings (SSSR count). The first-order valence-electron chi connectivity index (χ1n) is 7.75. The van der Waals surface area contributed by atoms with Crippen LogP contribution in [0.1, 0.15) is 40.0 Å². The maximum absolute atomic E-state index is 11.8. The minimum Gasteiger partial charge on any atom is -0.463 e. The molecule has 1 saturated carbocycles. The lowest BCUT2D eigenvalue weighted by Crippen LogP contribution is -2.45. The molecule has 3 atom stereocenters. The van der Waals surface area contributed by atoms with E-state index in [1.165, 1.54) is 6.42 Å². The second-order valence-corrected chi connectivity index (χ2v) is 5.63. The van der Waals surface area contributed by atoms with Crippen LogP contribution in [0.3, 0.4) is 0 Å². The second kappa shape index (κ2) is 9.23. The standard InChI is InChI=1S/C16H25NO5/c1-4-21-15(19)8-9-16(20)22-10-14(18)17-13-7-5-6-11(2)12(13)3/h8-9,11-13H,4-7,10H2,1-3H3,(H,17,18)/b9-8+/t11-,12-,13-/m0/s1. The summed E-state index contributed by atoms with van der Waals surface area (Å²) in [5, 5.41) is 2.91. The maximum Gasteiger partial charge on any atom is 0.331 e. The summed E-state index contributed by atoms with van der Waals surface area (Å²) in [4.78, 5) is 34.2. The monoisotopic (exact) mass is 311 g/mol. The Hall–Kier alpha value is -1.85. The smallest absolute Gasteiger partial charge is 0.331 e. The van der Waals surface area contributed by atoms with E-state index in [1.54, 1.807) is 6.92 Å². The summed E-state index contributed by atoms with van der Waals surface area (Å²) in [6, 6.07) is 0.130. The second-order valence-electron chi connectivity index (χ2n) is 5.63. The number of hydrogen-bond donors (Lipinski definition) is 1. The summed E-state index contributed by atoms with van der Waals surface area (Å²) in [5.74, 6) is -0.683. The Morgan fingerprint density at radius 3 is 2.36 bits per heavy atom. The third-order valence-electron chi connectivity index (χ3n) is 4.04. The maximum atomic E-state index is 11.8. The number of ether oxygens (including phenoxy) is 2. The first kappa shape index (κ1) is 18.2. The van der Waals surface area contributed by atoms with Crippen LogP contribution in [0.5, 0.6) is 0 Å². The average molecular weight is 311 g/mol. The van der Waals surface area contributed by atoms with Gasteiger partial charge in [0, 0.05) is 18.2 Å². The number of nitrogens with one attached hydrogen (secondary N) is 1. The van der Waals surface area contributed by atoms with Crippen molar-refractivity contribution in [3.8, 4) is 0 Å². The van der Waals surface area contributed by atoms with Crippen LogP contribution in [0.2, 0.25) is 0 Å². The van der Waals surface area contributed by atoms with Gasteiger partial charge in [0.15, 0.2) is 6.61 Å². The molecular formula is C16H25NO5. The van der Waals surface area contributed by atoms with Crippen LogP contribution in [0.25, 0.3) is 0 Å². The van der Waals surface area contributed by atoms with E-state index in [2.05, 4.69) is 23.9 Å². The highest BCUT2D eigenvalue weighted by Gasteiger charge is 2.28. The molecule has 1 fully saturated rings. The highest BCUT2D eigenvalue weighted by Crippen LogP contribution is 2.29. The zero-order valence-electron chi connectivity index (χ0n) is 13.5. The van der Waals surface area contributed by atoms with Gasteiger partial charge in [-0.15, -0.1) is 0 Å². The van der Waals surface area contributed by atoms with Crippen LogP contribution in [0, 0.1) is 11.8 Å². The Kier molecular flexibility index (Phi) is 7.63. The fourth-order valence-corrected chi connectivity index (χ4v) is 2.55. The van der Waals surface area contributed by atoms with Gasteiger partial charge in [-0.3, -0.25) is 4.79 Å². The van der Waals surface area contributed by atoms with Crippen molar-refractivity contribution in [2.45, 2.75) is 46.1 Å². The van der Waals surface area contributed by atoms with E-state index < -0.39 is 11.9 Å². The highest BCUT2D eigenvalue weighted by molar-refractivity contribution is 5.92. The molecule has 1 aliphatic carbocycles. The Morgan fingerprint density at radius 1 is 1.09 bits per heavy atom. The predicted molar refractivity (Wildman–Crippen MR) is 80.8 cm³/mol. The molecule has 0 bridgehead atoms. The van der Waals surface area contributed by atoms with Crippen molar-refractivity contribution >= 4 is 17.8 Å². The molecule has 6 nitrogen and oxygen atoms in total. The average Bonchev–Trinajstić information content (AvgIpc) is 2.48. The SMILES string of the molecule is CCOC(=O)/C=C/C(=O)OCC(=O)N[C@H]1CCC[C@H](C)[C@@H]1C. The molecular weight excluding hydrogens is 286 g/mol. The van der Waals surface area contributed by atoms with Gasteiger partial charge in [0.05, 0.1) is 6.61 Å². The van der Waals surface area contributed by atoms with Gasteiger partial charge < -0.3 is 14.8 Å². The molecule has 124 valence electrons. The van der Waals surface area contributed by atoms with Crippen LogP contribution in [0.4, 0.5) is 0 Å². The lowest BCUT2D eigenvalue weighted by atomic mass is 9.78. The van der Waals surface area contributed by atoms with Gasteiger partial charge in [0.2, 0.25) is 0 Å². The number of esters is 2. The van der Waals surface area contributed by atoms with Gasteiger partial charge in [0.25, 0.3) is 5.91 Å². The van der Waals surface area contributed by atoms with Crippen molar-refractivity contribution in [2.24, 2.45) is 11.8 Å². The summed E-state index contributed by atoms with van der Waals surface area (Å²) in [5.41, 5.74) is 0. The van der Waals surface area contributed by atoms with Gasteiger partial charge in [-0.2, -0.15) is 0 Å². The molecule has 0 aliphatic heterocycles. The third-order valence-corrected chi connectivity index (χ3v) is 4.04. The van der Waals surface area contributed by atoms with Gasteiger partial charge >= 0.3 is 11.9 Å². The molecule has 1 amide bonds. The lowest BCUT2D eigenvalue weighted by Gasteiger charge is -2.34. The summed E-state index contributed by atoms with van der Waals surface area (Å²) < 4.78 is 9.42. The van der Waals surface area contributed by atoms with Crippen molar-refractivity contribution in [3.63, 3.8) is 0 Å². The fraction of sp³-hybridized carbons (Fsp3) is 0.688. The largest absolute Gasteiger partial charge is 0.463 e.